The second kappa shape index (κ2) is 9.13. The number of sulfone groups is 1. The number of hydrogen-bond donors (Lipinski definition) is 1. The Hall–Kier alpha value is -3.18. The van der Waals surface area contributed by atoms with Crippen LogP contribution < -0.4 is 4.90 Å². The van der Waals surface area contributed by atoms with Crippen LogP contribution in [0, 0.1) is 11.7 Å². The highest BCUT2D eigenvalue weighted by molar-refractivity contribution is 7.90. The first-order valence-electron chi connectivity index (χ1n) is 10.0. The van der Waals surface area contributed by atoms with Gasteiger partial charge in [-0.3, -0.25) is 4.79 Å². The normalized spacial score (nSPS) is 14.9. The Kier molecular flexibility index (Phi) is 6.28. The van der Waals surface area contributed by atoms with Crippen molar-refractivity contribution in [3.63, 3.8) is 0 Å². The maximum Gasteiger partial charge on any atom is 0.230 e. The van der Waals surface area contributed by atoms with Crippen LogP contribution in [0.2, 0.25) is 0 Å². The molecule has 9 nitrogen and oxygen atoms in total. The SMILES string of the molecule is CS(=O)(=O)c1ccc(CN(C(=O)C2CCOCC2)c2cc(F)cc(-c3nnn[nH]3)c2)cc1. The van der Waals surface area contributed by atoms with Gasteiger partial charge in [-0.2, -0.15) is 0 Å². The number of hydrogen-bond acceptors (Lipinski definition) is 7. The van der Waals surface area contributed by atoms with E-state index < -0.39 is 15.7 Å². The molecule has 11 heteroatoms. The number of rotatable bonds is 6. The largest absolute Gasteiger partial charge is 0.381 e. The molecule has 0 unspecified atom stereocenters. The number of ether oxygens (including phenoxy) is 1. The van der Waals surface area contributed by atoms with Crippen LogP contribution in [0.1, 0.15) is 18.4 Å². The van der Waals surface area contributed by atoms with Gasteiger partial charge in [-0.25, -0.2) is 17.9 Å². The number of anilines is 1. The highest BCUT2D eigenvalue weighted by Gasteiger charge is 2.28. The average molecular weight is 460 g/mol. The quantitative estimate of drug-likeness (QED) is 0.601. The van der Waals surface area contributed by atoms with Gasteiger partial charge < -0.3 is 9.64 Å². The number of halogens is 1. The number of aromatic amines is 1. The van der Waals surface area contributed by atoms with Gasteiger partial charge in [-0.15, -0.1) is 5.10 Å². The van der Waals surface area contributed by atoms with Gasteiger partial charge in [0.25, 0.3) is 0 Å². The summed E-state index contributed by atoms with van der Waals surface area (Å²) in [6, 6.07) is 10.5. The third kappa shape index (κ3) is 5.00. The minimum Gasteiger partial charge on any atom is -0.381 e. The molecule has 1 aliphatic heterocycles. The van der Waals surface area contributed by atoms with Gasteiger partial charge in [0.05, 0.1) is 11.4 Å². The van der Waals surface area contributed by atoms with Gasteiger partial charge in [0.15, 0.2) is 15.7 Å². The maximum atomic E-state index is 14.5. The average Bonchev–Trinajstić information content (AvgIpc) is 3.32. The molecule has 1 amide bonds. The van der Waals surface area contributed by atoms with Gasteiger partial charge in [0, 0.05) is 36.6 Å². The molecule has 168 valence electrons. The van der Waals surface area contributed by atoms with Crippen molar-refractivity contribution in [3.05, 3.63) is 53.8 Å². The molecule has 1 saturated heterocycles. The van der Waals surface area contributed by atoms with Gasteiger partial charge in [0.2, 0.25) is 5.91 Å². The van der Waals surface area contributed by atoms with Crippen molar-refractivity contribution >= 4 is 21.4 Å². The lowest BCUT2D eigenvalue weighted by Crippen LogP contribution is -2.38. The Bertz CT molecular complexity index is 1190. The third-order valence-electron chi connectivity index (χ3n) is 5.34. The van der Waals surface area contributed by atoms with Crippen molar-refractivity contribution in [2.75, 3.05) is 24.4 Å². The van der Waals surface area contributed by atoms with E-state index in [2.05, 4.69) is 20.6 Å². The van der Waals surface area contributed by atoms with Crippen LogP contribution in [-0.2, 0) is 25.9 Å². The number of nitrogens with zero attached hydrogens (tertiary/aromatic N) is 4. The van der Waals surface area contributed by atoms with Crippen molar-refractivity contribution in [2.45, 2.75) is 24.3 Å². The Labute approximate surface area is 184 Å². The first-order chi connectivity index (χ1) is 15.3. The number of carbonyl (C=O) groups is 1. The van der Waals surface area contributed by atoms with E-state index in [4.69, 9.17) is 4.74 Å². The number of benzene rings is 2. The fourth-order valence-electron chi connectivity index (χ4n) is 3.63. The van der Waals surface area contributed by atoms with E-state index in [1.54, 1.807) is 18.2 Å². The van der Waals surface area contributed by atoms with Gasteiger partial charge in [-0.05, 0) is 59.2 Å². The molecule has 0 bridgehead atoms. The predicted octanol–water partition coefficient (Wildman–Crippen LogP) is 2.37. The number of tetrazole rings is 1. The molecule has 3 aromatic rings. The fraction of sp³-hybridized carbons (Fsp3) is 0.333. The van der Waals surface area contributed by atoms with Gasteiger partial charge in [0.1, 0.15) is 5.82 Å². The van der Waals surface area contributed by atoms with Crippen molar-refractivity contribution in [1.82, 2.24) is 20.6 Å². The summed E-state index contributed by atoms with van der Waals surface area (Å²) in [7, 11) is -3.34. The van der Waals surface area contributed by atoms with E-state index in [0.717, 1.165) is 6.26 Å². The molecule has 0 aliphatic carbocycles. The molecule has 1 aliphatic rings. The monoisotopic (exact) mass is 459 g/mol. The van der Waals surface area contributed by atoms with Gasteiger partial charge in [-0.1, -0.05) is 12.1 Å². The summed E-state index contributed by atoms with van der Waals surface area (Å²) < 4.78 is 43.4. The molecular weight excluding hydrogens is 437 g/mol. The molecule has 32 heavy (non-hydrogen) atoms. The van der Waals surface area contributed by atoms with E-state index in [9.17, 15) is 17.6 Å². The Morgan fingerprint density at radius 2 is 1.91 bits per heavy atom. The third-order valence-corrected chi connectivity index (χ3v) is 6.47. The number of carbonyl (C=O) groups excluding carboxylic acids is 1. The summed E-state index contributed by atoms with van der Waals surface area (Å²) in [6.45, 7) is 1.13. The van der Waals surface area contributed by atoms with E-state index in [1.165, 1.54) is 29.2 Å². The molecule has 0 saturated carbocycles. The van der Waals surface area contributed by atoms with E-state index in [1.807, 2.05) is 0 Å². The number of nitrogens with one attached hydrogen (secondary N) is 1. The highest BCUT2D eigenvalue weighted by atomic mass is 32.2. The molecule has 2 aromatic carbocycles. The van der Waals surface area contributed by atoms with E-state index >= 15 is 0 Å². The van der Waals surface area contributed by atoms with Crippen molar-refractivity contribution in [1.29, 1.82) is 0 Å². The molecule has 2 heterocycles. The Balaban J connectivity index is 1.70. The van der Waals surface area contributed by atoms with E-state index in [-0.39, 0.29) is 29.1 Å². The lowest BCUT2D eigenvalue weighted by atomic mass is 9.97. The molecule has 0 atom stereocenters. The predicted molar refractivity (Wildman–Crippen MR) is 114 cm³/mol. The van der Waals surface area contributed by atoms with Crippen LogP contribution >= 0.6 is 0 Å². The summed E-state index contributed by atoms with van der Waals surface area (Å²) >= 11 is 0. The molecule has 1 N–H and O–H groups in total. The zero-order valence-electron chi connectivity index (χ0n) is 17.4. The number of amides is 1. The number of aromatic nitrogens is 4. The Morgan fingerprint density at radius 3 is 2.53 bits per heavy atom. The summed E-state index contributed by atoms with van der Waals surface area (Å²) in [5.74, 6) is -0.654. The zero-order chi connectivity index (χ0) is 22.7. The second-order valence-electron chi connectivity index (χ2n) is 7.68. The van der Waals surface area contributed by atoms with E-state index in [0.29, 0.717) is 42.9 Å². The molecule has 1 fully saturated rings. The van der Waals surface area contributed by atoms with Crippen LogP contribution in [-0.4, -0.2) is 54.4 Å². The van der Waals surface area contributed by atoms with Crippen molar-refractivity contribution in [3.8, 4) is 11.4 Å². The summed E-state index contributed by atoms with van der Waals surface area (Å²) in [5.41, 5.74) is 1.48. The highest BCUT2D eigenvalue weighted by Crippen LogP contribution is 2.29. The zero-order valence-corrected chi connectivity index (χ0v) is 18.2. The van der Waals surface area contributed by atoms with Crippen LogP contribution in [0.5, 0.6) is 0 Å². The summed E-state index contributed by atoms with van der Waals surface area (Å²) in [5, 5.41) is 13.5. The molecule has 0 spiro atoms. The van der Waals surface area contributed by atoms with Crippen LogP contribution in [0.15, 0.2) is 47.4 Å². The van der Waals surface area contributed by atoms with Crippen LogP contribution in [0.4, 0.5) is 10.1 Å². The Morgan fingerprint density at radius 1 is 1.19 bits per heavy atom. The topological polar surface area (TPSA) is 118 Å². The number of H-pyrrole nitrogens is 1. The van der Waals surface area contributed by atoms with Crippen molar-refractivity contribution in [2.24, 2.45) is 5.92 Å². The molecule has 4 rings (SSSR count). The lowest BCUT2D eigenvalue weighted by Gasteiger charge is -2.30. The van der Waals surface area contributed by atoms with Crippen LogP contribution in [0.3, 0.4) is 0 Å². The lowest BCUT2D eigenvalue weighted by molar-refractivity contribution is -0.125. The fourth-order valence-corrected chi connectivity index (χ4v) is 4.26. The minimum absolute atomic E-state index is 0.146. The summed E-state index contributed by atoms with van der Waals surface area (Å²) in [4.78, 5) is 15.1. The second-order valence-corrected chi connectivity index (χ2v) is 9.69. The molecule has 0 radical (unpaired) electrons. The smallest absolute Gasteiger partial charge is 0.230 e. The summed E-state index contributed by atoms with van der Waals surface area (Å²) in [6.07, 6.45) is 2.29. The maximum absolute atomic E-state index is 14.5. The van der Waals surface area contributed by atoms with Crippen LogP contribution in [0.25, 0.3) is 11.4 Å². The first kappa shape index (κ1) is 22.0. The standard InChI is InChI=1S/C21H22FN5O4S/c1-32(29,30)19-4-2-14(3-5-19)13-27(21(28)15-6-8-31-9-7-15)18-11-16(10-17(22)12-18)20-23-25-26-24-20/h2-5,10-12,15H,6-9,13H2,1H3,(H,23,24,25,26). The van der Waals surface area contributed by atoms with Crippen molar-refractivity contribution < 1.29 is 22.3 Å². The first-order valence-corrected chi connectivity index (χ1v) is 11.9. The van der Waals surface area contributed by atoms with Gasteiger partial charge >= 0.3 is 0 Å². The molecular formula is C21H22FN5O4S. The minimum atomic E-state index is -3.34. The molecule has 1 aromatic heterocycles.